The van der Waals surface area contributed by atoms with Gasteiger partial charge in [-0.25, -0.2) is 0 Å². The molecule has 0 saturated carbocycles. The van der Waals surface area contributed by atoms with Crippen LogP contribution in [0.3, 0.4) is 0 Å². The lowest BCUT2D eigenvalue weighted by Gasteiger charge is -2.34. The Hall–Kier alpha value is -2.50. The molecule has 1 saturated heterocycles. The van der Waals surface area contributed by atoms with Gasteiger partial charge in [0.05, 0.1) is 0 Å². The Morgan fingerprint density at radius 2 is 2.31 bits per heavy atom. The van der Waals surface area contributed by atoms with E-state index in [4.69, 9.17) is 5.73 Å². The summed E-state index contributed by atoms with van der Waals surface area (Å²) in [6, 6.07) is 6.40. The number of carbonyl (C=O) groups is 1. The second-order valence-corrected chi connectivity index (χ2v) is 7.16. The largest absolute Gasteiger partial charge is 0.370 e. The lowest BCUT2D eigenvalue weighted by molar-refractivity contribution is -0.119. The summed E-state index contributed by atoms with van der Waals surface area (Å²) in [5, 5.41) is 4.77. The molecule has 6 nitrogen and oxygen atoms in total. The average molecular weight is 355 g/mol. The third-order valence-corrected chi connectivity index (χ3v) is 5.21. The van der Waals surface area contributed by atoms with Crippen molar-refractivity contribution in [2.75, 3.05) is 26.7 Å². The van der Waals surface area contributed by atoms with Crippen molar-refractivity contribution >= 4 is 22.8 Å². The molecule has 26 heavy (non-hydrogen) atoms. The van der Waals surface area contributed by atoms with Crippen molar-refractivity contribution in [3.8, 4) is 0 Å². The number of aryl methyl sites for hydroxylation is 1. The first-order valence-electron chi connectivity index (χ1n) is 9.38. The number of guanidine groups is 1. The second kappa shape index (κ2) is 8.25. The predicted molar refractivity (Wildman–Crippen MR) is 106 cm³/mol. The molecule has 1 atom stereocenters. The smallest absolute Gasteiger partial charge is 0.217 e. The Bertz CT molecular complexity index is 795. The first-order chi connectivity index (χ1) is 12.6. The van der Waals surface area contributed by atoms with Gasteiger partial charge in [0.15, 0.2) is 5.96 Å². The molecule has 140 valence electrons. The van der Waals surface area contributed by atoms with Gasteiger partial charge in [-0.15, -0.1) is 0 Å². The number of para-hydroxylation sites is 1. The zero-order valence-corrected chi connectivity index (χ0v) is 15.7. The minimum absolute atomic E-state index is 0.213. The lowest BCUT2D eigenvalue weighted by atomic mass is 9.95. The highest BCUT2D eigenvalue weighted by Gasteiger charge is 2.23. The van der Waals surface area contributed by atoms with Crippen LogP contribution < -0.4 is 11.1 Å². The van der Waals surface area contributed by atoms with E-state index in [0.29, 0.717) is 12.3 Å². The lowest BCUT2D eigenvalue weighted by Crippen LogP contribution is -2.47. The van der Waals surface area contributed by atoms with Crippen molar-refractivity contribution in [2.45, 2.75) is 32.6 Å². The third kappa shape index (κ3) is 4.18. The van der Waals surface area contributed by atoms with Crippen molar-refractivity contribution in [3.63, 3.8) is 0 Å². The first-order valence-corrected chi connectivity index (χ1v) is 9.38. The monoisotopic (exact) mass is 355 g/mol. The number of nitrogens with two attached hydrogens (primary N) is 1. The number of carbonyl (C=O) groups excluding carboxylic acids is 1. The number of likely N-dealkylation sites (tertiary alicyclic amines) is 1. The topological polar surface area (TPSA) is 86.5 Å². The van der Waals surface area contributed by atoms with Gasteiger partial charge in [-0.1, -0.05) is 18.2 Å². The molecule has 3 rings (SSSR count). The summed E-state index contributed by atoms with van der Waals surface area (Å²) in [6.07, 6.45) is 5.63. The molecule has 1 fully saturated rings. The summed E-state index contributed by atoms with van der Waals surface area (Å²) < 4.78 is 0. The molecule has 1 aromatic heterocycles. The Balaban J connectivity index is 1.57. The number of nitrogens with one attached hydrogen (secondary N) is 2. The fourth-order valence-electron chi connectivity index (χ4n) is 3.92. The molecule has 4 N–H and O–H groups in total. The molecule has 2 heterocycles. The van der Waals surface area contributed by atoms with E-state index in [2.05, 4.69) is 51.5 Å². The van der Waals surface area contributed by atoms with E-state index < -0.39 is 0 Å². The van der Waals surface area contributed by atoms with Crippen LogP contribution in [0.25, 0.3) is 10.9 Å². The number of aliphatic imine (C=N–C) groups is 1. The highest BCUT2D eigenvalue weighted by molar-refractivity contribution is 5.86. The summed E-state index contributed by atoms with van der Waals surface area (Å²) >= 11 is 0. The van der Waals surface area contributed by atoms with Gasteiger partial charge in [0.25, 0.3) is 0 Å². The van der Waals surface area contributed by atoms with E-state index in [1.54, 1.807) is 0 Å². The number of nitrogens with zero attached hydrogens (tertiary/aromatic N) is 2. The number of hydrogen-bond acceptors (Lipinski definition) is 2. The summed E-state index contributed by atoms with van der Waals surface area (Å²) in [5.41, 5.74) is 9.17. The summed E-state index contributed by atoms with van der Waals surface area (Å²) in [7, 11) is 1.81. The van der Waals surface area contributed by atoms with Gasteiger partial charge in [0, 0.05) is 50.2 Å². The number of aromatic amines is 1. The van der Waals surface area contributed by atoms with Gasteiger partial charge in [-0.3, -0.25) is 9.79 Å². The van der Waals surface area contributed by atoms with Gasteiger partial charge < -0.3 is 20.9 Å². The fourth-order valence-corrected chi connectivity index (χ4v) is 3.92. The van der Waals surface area contributed by atoms with Crippen LogP contribution in [0.1, 0.15) is 30.4 Å². The molecule has 1 unspecified atom stereocenters. The van der Waals surface area contributed by atoms with Gasteiger partial charge in [0.1, 0.15) is 0 Å². The molecule has 0 bridgehead atoms. The van der Waals surface area contributed by atoms with E-state index in [1.807, 2.05) is 7.05 Å². The SMILES string of the molecule is CN=C(NCCc1c[nH]c2c(C)cccc12)N1CCCC(CC(N)=O)C1. The van der Waals surface area contributed by atoms with E-state index in [0.717, 1.165) is 44.9 Å². The number of benzene rings is 1. The number of piperidine rings is 1. The Morgan fingerprint density at radius 1 is 1.46 bits per heavy atom. The highest BCUT2D eigenvalue weighted by atomic mass is 16.1. The second-order valence-electron chi connectivity index (χ2n) is 7.16. The van der Waals surface area contributed by atoms with Crippen molar-refractivity contribution < 1.29 is 4.79 Å². The molecule has 6 heteroatoms. The Kier molecular flexibility index (Phi) is 5.81. The summed E-state index contributed by atoms with van der Waals surface area (Å²) in [6.45, 7) is 4.77. The number of aromatic nitrogens is 1. The van der Waals surface area contributed by atoms with Gasteiger partial charge in [-0.05, 0) is 43.2 Å². The molecule has 1 aliphatic heterocycles. The van der Waals surface area contributed by atoms with Crippen LogP contribution in [0.5, 0.6) is 0 Å². The molecular formula is C20H29N5O. The third-order valence-electron chi connectivity index (χ3n) is 5.21. The van der Waals surface area contributed by atoms with Gasteiger partial charge in [-0.2, -0.15) is 0 Å². The zero-order valence-electron chi connectivity index (χ0n) is 15.7. The van der Waals surface area contributed by atoms with Crippen LogP contribution in [-0.4, -0.2) is 48.4 Å². The molecule has 1 amide bonds. The van der Waals surface area contributed by atoms with E-state index >= 15 is 0 Å². The van der Waals surface area contributed by atoms with Crippen molar-refractivity contribution in [2.24, 2.45) is 16.6 Å². The van der Waals surface area contributed by atoms with Crippen LogP contribution in [0.2, 0.25) is 0 Å². The van der Waals surface area contributed by atoms with Crippen LogP contribution in [0, 0.1) is 12.8 Å². The predicted octanol–water partition coefficient (Wildman–Crippen LogP) is 2.18. The summed E-state index contributed by atoms with van der Waals surface area (Å²) in [4.78, 5) is 21.3. The van der Waals surface area contributed by atoms with E-state index in [1.165, 1.54) is 22.0 Å². The zero-order chi connectivity index (χ0) is 18.5. The van der Waals surface area contributed by atoms with Crippen LogP contribution in [0.15, 0.2) is 29.4 Å². The van der Waals surface area contributed by atoms with Crippen LogP contribution >= 0.6 is 0 Å². The standard InChI is InChI=1S/C20H29N5O/c1-14-5-3-7-17-16(12-24-19(14)17)8-9-23-20(22-2)25-10-4-6-15(13-25)11-18(21)26/h3,5,7,12,15,24H,4,6,8-11,13H2,1-2H3,(H2,21,26)(H,22,23). The maximum Gasteiger partial charge on any atom is 0.217 e. The minimum atomic E-state index is -0.213. The Labute approximate surface area is 154 Å². The number of hydrogen-bond donors (Lipinski definition) is 3. The highest BCUT2D eigenvalue weighted by Crippen LogP contribution is 2.22. The summed E-state index contributed by atoms with van der Waals surface area (Å²) in [5.74, 6) is 1.03. The van der Waals surface area contributed by atoms with Crippen molar-refractivity contribution in [1.29, 1.82) is 0 Å². The minimum Gasteiger partial charge on any atom is -0.370 e. The number of amides is 1. The molecule has 0 spiro atoms. The molecule has 0 radical (unpaired) electrons. The maximum atomic E-state index is 11.2. The maximum absolute atomic E-state index is 11.2. The van der Waals surface area contributed by atoms with Gasteiger partial charge >= 0.3 is 0 Å². The molecule has 1 aliphatic rings. The quantitative estimate of drug-likeness (QED) is 0.567. The fraction of sp³-hybridized carbons (Fsp3) is 0.500. The molecule has 1 aromatic carbocycles. The number of H-pyrrole nitrogens is 1. The number of primary amides is 1. The van der Waals surface area contributed by atoms with Crippen molar-refractivity contribution in [1.82, 2.24) is 15.2 Å². The van der Waals surface area contributed by atoms with E-state index in [9.17, 15) is 4.79 Å². The van der Waals surface area contributed by atoms with Gasteiger partial charge in [0.2, 0.25) is 5.91 Å². The number of fused-ring (bicyclic) bond motifs is 1. The number of rotatable bonds is 5. The van der Waals surface area contributed by atoms with Crippen LogP contribution in [0.4, 0.5) is 0 Å². The first kappa shape index (κ1) is 18.3. The van der Waals surface area contributed by atoms with Crippen LogP contribution in [-0.2, 0) is 11.2 Å². The Morgan fingerprint density at radius 3 is 3.08 bits per heavy atom. The molecule has 2 aromatic rings. The molecule has 0 aliphatic carbocycles. The van der Waals surface area contributed by atoms with E-state index in [-0.39, 0.29) is 5.91 Å². The average Bonchev–Trinajstić information content (AvgIpc) is 3.03. The van der Waals surface area contributed by atoms with Crippen molar-refractivity contribution in [3.05, 3.63) is 35.5 Å². The normalized spacial score (nSPS) is 18.3. The molecular weight excluding hydrogens is 326 g/mol.